The molecule has 0 spiro atoms. The van der Waals surface area contributed by atoms with Gasteiger partial charge in [0.25, 0.3) is 0 Å². The minimum Gasteiger partial charge on any atom is -0.361 e. The van der Waals surface area contributed by atoms with Crippen LogP contribution in [0.3, 0.4) is 0 Å². The summed E-state index contributed by atoms with van der Waals surface area (Å²) in [7, 11) is 0. The second kappa shape index (κ2) is 10.7. The standard InChI is InChI=1S/C17H27N5OS.HI/c1-6-14-13(15(7-2)23-22-14)9-19-17(18-8-3)20-10-16-11(4)21-12(5)24-16;/h6-10H2,1-5H3,(H2,18,19,20);1H. The van der Waals surface area contributed by atoms with Crippen molar-refractivity contribution in [3.63, 3.8) is 0 Å². The van der Waals surface area contributed by atoms with Crippen LogP contribution in [0.25, 0.3) is 0 Å². The van der Waals surface area contributed by atoms with E-state index in [1.165, 1.54) is 4.88 Å². The molecule has 0 aliphatic heterocycles. The van der Waals surface area contributed by atoms with Crippen LogP contribution < -0.4 is 10.6 Å². The lowest BCUT2D eigenvalue weighted by molar-refractivity contribution is 0.380. The fourth-order valence-electron chi connectivity index (χ4n) is 2.52. The number of nitrogens with zero attached hydrogens (tertiary/aromatic N) is 3. The maximum absolute atomic E-state index is 5.41. The van der Waals surface area contributed by atoms with Gasteiger partial charge < -0.3 is 15.2 Å². The number of aliphatic imine (C=N–C) groups is 1. The third kappa shape index (κ3) is 5.95. The van der Waals surface area contributed by atoms with Gasteiger partial charge in [0.05, 0.1) is 29.5 Å². The van der Waals surface area contributed by atoms with Crippen molar-refractivity contribution in [1.82, 2.24) is 20.8 Å². The van der Waals surface area contributed by atoms with Gasteiger partial charge in [-0.2, -0.15) is 0 Å². The van der Waals surface area contributed by atoms with E-state index >= 15 is 0 Å². The highest BCUT2D eigenvalue weighted by atomic mass is 127. The highest BCUT2D eigenvalue weighted by molar-refractivity contribution is 14.0. The number of aromatic nitrogens is 2. The molecule has 8 heteroatoms. The number of nitrogens with one attached hydrogen (secondary N) is 2. The van der Waals surface area contributed by atoms with E-state index in [2.05, 4.69) is 41.5 Å². The summed E-state index contributed by atoms with van der Waals surface area (Å²) in [5.41, 5.74) is 3.20. The van der Waals surface area contributed by atoms with Gasteiger partial charge in [-0.05, 0) is 27.2 Å². The normalized spacial score (nSPS) is 11.3. The molecule has 0 atom stereocenters. The fraction of sp³-hybridized carbons (Fsp3) is 0.588. The third-order valence-corrected chi connectivity index (χ3v) is 4.84. The Kier molecular flexibility index (Phi) is 9.41. The predicted octanol–water partition coefficient (Wildman–Crippen LogP) is 3.75. The molecule has 25 heavy (non-hydrogen) atoms. The zero-order valence-corrected chi connectivity index (χ0v) is 18.7. The number of halogens is 1. The molecular formula is C17H28IN5OS. The van der Waals surface area contributed by atoms with E-state index in [0.29, 0.717) is 6.54 Å². The largest absolute Gasteiger partial charge is 0.361 e. The smallest absolute Gasteiger partial charge is 0.191 e. The molecule has 0 radical (unpaired) electrons. The maximum Gasteiger partial charge on any atom is 0.191 e. The lowest BCUT2D eigenvalue weighted by Crippen LogP contribution is -2.36. The summed E-state index contributed by atoms with van der Waals surface area (Å²) >= 11 is 1.72. The first-order valence-corrected chi connectivity index (χ1v) is 9.31. The Hall–Kier alpha value is -1.16. The summed E-state index contributed by atoms with van der Waals surface area (Å²) in [4.78, 5) is 10.4. The molecule has 0 saturated carbocycles. The molecule has 0 saturated heterocycles. The summed E-state index contributed by atoms with van der Waals surface area (Å²) in [6, 6.07) is 0. The van der Waals surface area contributed by atoms with Crippen LogP contribution in [0.5, 0.6) is 0 Å². The zero-order chi connectivity index (χ0) is 17.5. The van der Waals surface area contributed by atoms with Gasteiger partial charge in [0, 0.05) is 23.4 Å². The number of rotatable bonds is 7. The van der Waals surface area contributed by atoms with Crippen molar-refractivity contribution in [2.75, 3.05) is 6.54 Å². The first-order chi connectivity index (χ1) is 11.6. The van der Waals surface area contributed by atoms with Crippen LogP contribution in [0.1, 0.15) is 53.4 Å². The third-order valence-electron chi connectivity index (χ3n) is 3.76. The molecule has 0 aliphatic carbocycles. The van der Waals surface area contributed by atoms with Crippen molar-refractivity contribution in [3.8, 4) is 0 Å². The van der Waals surface area contributed by atoms with Gasteiger partial charge in [-0.1, -0.05) is 19.0 Å². The van der Waals surface area contributed by atoms with Gasteiger partial charge in [0.15, 0.2) is 5.96 Å². The van der Waals surface area contributed by atoms with Gasteiger partial charge >= 0.3 is 0 Å². The van der Waals surface area contributed by atoms with Gasteiger partial charge in [-0.15, -0.1) is 35.3 Å². The Balaban J connectivity index is 0.00000312. The minimum absolute atomic E-state index is 0. The molecule has 0 fully saturated rings. The van der Waals surface area contributed by atoms with Crippen molar-refractivity contribution < 1.29 is 4.52 Å². The molecule has 2 heterocycles. The van der Waals surface area contributed by atoms with Crippen molar-refractivity contribution >= 4 is 41.3 Å². The Morgan fingerprint density at radius 2 is 1.92 bits per heavy atom. The number of hydrogen-bond donors (Lipinski definition) is 2. The highest BCUT2D eigenvalue weighted by Gasteiger charge is 2.13. The molecular weight excluding hydrogens is 449 g/mol. The van der Waals surface area contributed by atoms with Crippen molar-refractivity contribution in [2.24, 2.45) is 4.99 Å². The van der Waals surface area contributed by atoms with Crippen LogP contribution >= 0.6 is 35.3 Å². The first kappa shape index (κ1) is 21.9. The van der Waals surface area contributed by atoms with Crippen LogP contribution in [0.2, 0.25) is 0 Å². The van der Waals surface area contributed by atoms with Crippen LogP contribution in [-0.4, -0.2) is 22.6 Å². The summed E-state index contributed by atoms with van der Waals surface area (Å²) in [6.45, 7) is 12.4. The van der Waals surface area contributed by atoms with Crippen molar-refractivity contribution in [2.45, 2.75) is 60.5 Å². The molecule has 2 rings (SSSR count). The van der Waals surface area contributed by atoms with Crippen molar-refractivity contribution in [3.05, 3.63) is 32.6 Å². The average Bonchev–Trinajstić information content (AvgIpc) is 3.11. The van der Waals surface area contributed by atoms with Gasteiger partial charge in [0.2, 0.25) is 0 Å². The molecule has 0 aliphatic rings. The second-order valence-corrected chi connectivity index (χ2v) is 6.82. The molecule has 0 amide bonds. The molecule has 0 unspecified atom stereocenters. The lowest BCUT2D eigenvalue weighted by atomic mass is 10.1. The van der Waals surface area contributed by atoms with E-state index in [9.17, 15) is 0 Å². The average molecular weight is 477 g/mol. The van der Waals surface area contributed by atoms with Crippen molar-refractivity contribution in [1.29, 1.82) is 0 Å². The quantitative estimate of drug-likeness (QED) is 0.361. The fourth-order valence-corrected chi connectivity index (χ4v) is 3.39. The van der Waals surface area contributed by atoms with E-state index in [1.54, 1.807) is 11.3 Å². The van der Waals surface area contributed by atoms with Crippen LogP contribution in [-0.2, 0) is 25.9 Å². The number of aryl methyl sites for hydroxylation is 4. The molecule has 2 aromatic rings. The summed E-state index contributed by atoms with van der Waals surface area (Å²) in [5.74, 6) is 1.73. The second-order valence-electron chi connectivity index (χ2n) is 5.53. The molecule has 2 aromatic heterocycles. The van der Waals surface area contributed by atoms with Gasteiger partial charge in [0.1, 0.15) is 5.76 Å². The Labute approximate surface area is 170 Å². The van der Waals surface area contributed by atoms with Gasteiger partial charge in [-0.25, -0.2) is 9.98 Å². The Morgan fingerprint density at radius 3 is 2.48 bits per heavy atom. The number of hydrogen-bond acceptors (Lipinski definition) is 5. The van der Waals surface area contributed by atoms with Crippen LogP contribution in [0, 0.1) is 13.8 Å². The molecule has 140 valence electrons. The number of guanidine groups is 1. The predicted molar refractivity (Wildman–Crippen MR) is 114 cm³/mol. The summed E-state index contributed by atoms with van der Waals surface area (Å²) < 4.78 is 5.41. The Bertz CT molecular complexity index is 674. The van der Waals surface area contributed by atoms with E-state index in [-0.39, 0.29) is 24.0 Å². The first-order valence-electron chi connectivity index (χ1n) is 8.50. The molecule has 0 aromatic carbocycles. The number of thiazole rings is 1. The molecule has 6 nitrogen and oxygen atoms in total. The lowest BCUT2D eigenvalue weighted by Gasteiger charge is -2.11. The highest BCUT2D eigenvalue weighted by Crippen LogP contribution is 2.18. The van der Waals surface area contributed by atoms with Crippen LogP contribution in [0.4, 0.5) is 0 Å². The topological polar surface area (TPSA) is 75.3 Å². The van der Waals surface area contributed by atoms with Gasteiger partial charge in [-0.3, -0.25) is 0 Å². The minimum atomic E-state index is 0. The van der Waals surface area contributed by atoms with Crippen LogP contribution in [0.15, 0.2) is 9.52 Å². The molecule has 0 bridgehead atoms. The monoisotopic (exact) mass is 477 g/mol. The van der Waals surface area contributed by atoms with E-state index in [4.69, 9.17) is 9.52 Å². The van der Waals surface area contributed by atoms with E-state index < -0.39 is 0 Å². The molecule has 2 N–H and O–H groups in total. The zero-order valence-electron chi connectivity index (χ0n) is 15.6. The van der Waals surface area contributed by atoms with E-state index in [1.807, 2.05) is 13.8 Å². The maximum atomic E-state index is 5.41. The Morgan fingerprint density at radius 1 is 1.16 bits per heavy atom. The summed E-state index contributed by atoms with van der Waals surface area (Å²) in [6.07, 6.45) is 1.69. The SMILES string of the molecule is CCNC(=NCc1c(CC)noc1CC)NCc1sc(C)nc1C.I. The van der Waals surface area contributed by atoms with E-state index in [0.717, 1.165) is 59.6 Å². The summed E-state index contributed by atoms with van der Waals surface area (Å²) in [5, 5.41) is 11.9.